The van der Waals surface area contributed by atoms with Gasteiger partial charge >= 0.3 is 0 Å². The predicted octanol–water partition coefficient (Wildman–Crippen LogP) is 4.34. The molecule has 166 valence electrons. The first kappa shape index (κ1) is 22.2. The minimum atomic E-state index is -0.617. The van der Waals surface area contributed by atoms with Crippen molar-refractivity contribution in [1.29, 1.82) is 0 Å². The molecule has 2 aromatic heterocycles. The monoisotopic (exact) mass is 447 g/mol. The average molecular weight is 448 g/mol. The van der Waals surface area contributed by atoms with Crippen LogP contribution in [0.5, 0.6) is 0 Å². The van der Waals surface area contributed by atoms with Crippen molar-refractivity contribution < 1.29 is 9.59 Å². The van der Waals surface area contributed by atoms with Crippen LogP contribution in [0, 0.1) is 5.41 Å². The molecule has 1 aliphatic heterocycles. The molecular weight excluding hydrogens is 418 g/mol. The molecule has 3 heterocycles. The lowest BCUT2D eigenvalue weighted by atomic mass is 9.79. The molecule has 1 atom stereocenters. The number of likely N-dealkylation sites (tertiary alicyclic amines) is 1. The first-order valence-corrected chi connectivity index (χ1v) is 11.9. The Balaban J connectivity index is 1.51. The highest BCUT2D eigenvalue weighted by Gasteiger charge is 2.46. The number of carbonyl (C=O) groups is 2. The molecule has 0 unspecified atom stereocenters. The molecule has 1 N–H and O–H groups in total. The maximum Gasteiger partial charge on any atom is 0.228 e. The summed E-state index contributed by atoms with van der Waals surface area (Å²) in [6.07, 6.45) is 3.24. The first-order chi connectivity index (χ1) is 15.4. The molecule has 1 aromatic carbocycles. The van der Waals surface area contributed by atoms with Crippen molar-refractivity contribution in [2.75, 3.05) is 13.1 Å². The van der Waals surface area contributed by atoms with Crippen LogP contribution in [0.1, 0.15) is 31.5 Å². The van der Waals surface area contributed by atoms with Crippen LogP contribution >= 0.6 is 11.3 Å². The molecule has 0 spiro atoms. The maximum absolute atomic E-state index is 13.3. The molecule has 2 amide bonds. The molecule has 0 aliphatic carbocycles. The summed E-state index contributed by atoms with van der Waals surface area (Å²) in [5.41, 5.74) is 2.44. The molecule has 5 nitrogen and oxygen atoms in total. The fourth-order valence-electron chi connectivity index (χ4n) is 4.30. The van der Waals surface area contributed by atoms with Crippen LogP contribution in [0.25, 0.3) is 10.4 Å². The molecule has 0 bridgehead atoms. The average Bonchev–Trinajstić information content (AvgIpc) is 3.46. The molecule has 1 saturated heterocycles. The summed E-state index contributed by atoms with van der Waals surface area (Å²) in [5.74, 6) is 0.0546. The van der Waals surface area contributed by atoms with Gasteiger partial charge in [-0.15, -0.1) is 11.3 Å². The summed E-state index contributed by atoms with van der Waals surface area (Å²) in [7, 11) is 0. The third kappa shape index (κ3) is 5.07. The largest absolute Gasteiger partial charge is 0.353 e. The molecule has 1 fully saturated rings. The summed E-state index contributed by atoms with van der Waals surface area (Å²) < 4.78 is 0. The molecule has 3 aromatic rings. The number of carbonyl (C=O) groups excluding carboxylic acids is 2. The number of thiophene rings is 1. The number of aromatic nitrogens is 1. The second kappa shape index (κ2) is 9.65. The van der Waals surface area contributed by atoms with Crippen LogP contribution in [-0.2, 0) is 22.4 Å². The number of rotatable bonds is 7. The molecule has 32 heavy (non-hydrogen) atoms. The van der Waals surface area contributed by atoms with E-state index in [1.807, 2.05) is 43.0 Å². The van der Waals surface area contributed by atoms with Crippen LogP contribution in [-0.4, -0.2) is 40.8 Å². The number of nitrogens with one attached hydrogen (secondary N) is 1. The lowest BCUT2D eigenvalue weighted by Crippen LogP contribution is -2.47. The summed E-state index contributed by atoms with van der Waals surface area (Å²) >= 11 is 1.72. The number of hydrogen-bond acceptors (Lipinski definition) is 4. The van der Waals surface area contributed by atoms with E-state index in [0.717, 1.165) is 11.3 Å². The predicted molar refractivity (Wildman–Crippen MR) is 128 cm³/mol. The highest BCUT2D eigenvalue weighted by Crippen LogP contribution is 2.36. The summed E-state index contributed by atoms with van der Waals surface area (Å²) in [5, 5.41) is 5.17. The summed E-state index contributed by atoms with van der Waals surface area (Å²) in [6.45, 7) is 4.97. The second-order valence-corrected chi connectivity index (χ2v) is 9.77. The zero-order chi connectivity index (χ0) is 22.6. The van der Waals surface area contributed by atoms with Gasteiger partial charge in [0.05, 0.1) is 11.8 Å². The van der Waals surface area contributed by atoms with Gasteiger partial charge in [0.25, 0.3) is 0 Å². The second-order valence-electron chi connectivity index (χ2n) is 8.82. The van der Waals surface area contributed by atoms with Gasteiger partial charge in [-0.05, 0) is 61.4 Å². The Morgan fingerprint density at radius 2 is 1.94 bits per heavy atom. The number of nitrogens with zero attached hydrogens (tertiary/aromatic N) is 2. The minimum Gasteiger partial charge on any atom is -0.353 e. The Labute approximate surface area is 193 Å². The summed E-state index contributed by atoms with van der Waals surface area (Å²) in [4.78, 5) is 33.6. The van der Waals surface area contributed by atoms with E-state index in [9.17, 15) is 9.59 Å². The molecule has 1 aliphatic rings. The molecule has 6 heteroatoms. The van der Waals surface area contributed by atoms with Crippen LogP contribution < -0.4 is 5.32 Å². The number of hydrogen-bond donors (Lipinski definition) is 1. The Morgan fingerprint density at radius 3 is 2.59 bits per heavy atom. The van der Waals surface area contributed by atoms with Gasteiger partial charge in [-0.1, -0.05) is 36.4 Å². The van der Waals surface area contributed by atoms with Gasteiger partial charge in [-0.2, -0.15) is 0 Å². The summed E-state index contributed by atoms with van der Waals surface area (Å²) in [6, 6.07) is 18.3. The van der Waals surface area contributed by atoms with Crippen molar-refractivity contribution in [3.63, 3.8) is 0 Å². The van der Waals surface area contributed by atoms with E-state index in [4.69, 9.17) is 0 Å². The van der Waals surface area contributed by atoms with Crippen molar-refractivity contribution in [1.82, 2.24) is 15.2 Å². The Bertz CT molecular complexity index is 1050. The van der Waals surface area contributed by atoms with E-state index in [2.05, 4.69) is 46.0 Å². The van der Waals surface area contributed by atoms with E-state index in [-0.39, 0.29) is 24.3 Å². The van der Waals surface area contributed by atoms with Crippen molar-refractivity contribution >= 4 is 23.2 Å². The third-order valence-electron chi connectivity index (χ3n) is 5.97. The highest BCUT2D eigenvalue weighted by atomic mass is 32.1. The molecular formula is C26H29N3O2S. The maximum atomic E-state index is 13.3. The number of benzene rings is 1. The lowest BCUT2D eigenvalue weighted by molar-refractivity contribution is -0.133. The van der Waals surface area contributed by atoms with E-state index >= 15 is 0 Å². The van der Waals surface area contributed by atoms with Gasteiger partial charge in [-0.3, -0.25) is 14.6 Å². The van der Waals surface area contributed by atoms with E-state index in [0.29, 0.717) is 25.9 Å². The van der Waals surface area contributed by atoms with E-state index in [1.54, 1.807) is 17.5 Å². The Kier molecular flexibility index (Phi) is 6.70. The van der Waals surface area contributed by atoms with Crippen molar-refractivity contribution in [3.05, 3.63) is 77.4 Å². The fourth-order valence-corrected chi connectivity index (χ4v) is 5.03. The van der Waals surface area contributed by atoms with Crippen molar-refractivity contribution in [2.24, 2.45) is 5.41 Å². The Morgan fingerprint density at radius 1 is 1.12 bits per heavy atom. The topological polar surface area (TPSA) is 62.3 Å². The number of pyridine rings is 1. The van der Waals surface area contributed by atoms with Gasteiger partial charge < -0.3 is 10.2 Å². The third-order valence-corrected chi connectivity index (χ3v) is 6.89. The standard InChI is InChI=1S/C26H29N3O2S/c1-19(2)28-25(31)26(17-20-8-10-21(11-9-20)23-7-5-15-32-23)12-14-29(18-26)24(30)16-22-6-3-4-13-27-22/h3-11,13,15,19H,12,14,16-18H2,1-2H3,(H,28,31)/t26-/m0/s1. The van der Waals surface area contributed by atoms with Crippen LogP contribution in [0.15, 0.2) is 66.2 Å². The van der Waals surface area contributed by atoms with Gasteiger partial charge in [0.2, 0.25) is 11.8 Å². The minimum absolute atomic E-state index is 0.0240. The molecule has 0 saturated carbocycles. The van der Waals surface area contributed by atoms with Gasteiger partial charge in [-0.25, -0.2) is 0 Å². The van der Waals surface area contributed by atoms with E-state index < -0.39 is 5.41 Å². The van der Waals surface area contributed by atoms with Crippen LogP contribution in [0.4, 0.5) is 0 Å². The quantitative estimate of drug-likeness (QED) is 0.586. The lowest BCUT2D eigenvalue weighted by Gasteiger charge is -2.29. The van der Waals surface area contributed by atoms with Gasteiger partial charge in [0, 0.05) is 35.9 Å². The zero-order valence-corrected chi connectivity index (χ0v) is 19.4. The van der Waals surface area contributed by atoms with Crippen molar-refractivity contribution in [2.45, 2.75) is 39.2 Å². The fraction of sp³-hybridized carbons (Fsp3) is 0.346. The number of amides is 2. The molecule has 0 radical (unpaired) electrons. The smallest absolute Gasteiger partial charge is 0.228 e. The van der Waals surface area contributed by atoms with Crippen LogP contribution in [0.3, 0.4) is 0 Å². The normalized spacial score (nSPS) is 18.2. The van der Waals surface area contributed by atoms with Crippen LogP contribution in [0.2, 0.25) is 0 Å². The van der Waals surface area contributed by atoms with Gasteiger partial charge in [0.1, 0.15) is 0 Å². The zero-order valence-electron chi connectivity index (χ0n) is 18.6. The molecule has 4 rings (SSSR count). The first-order valence-electron chi connectivity index (χ1n) is 11.1. The van der Waals surface area contributed by atoms with Gasteiger partial charge in [0.15, 0.2) is 0 Å². The Hall–Kier alpha value is -2.99. The SMILES string of the molecule is CC(C)NC(=O)[C@]1(Cc2ccc(-c3cccs3)cc2)CCN(C(=O)Cc2ccccn2)C1. The highest BCUT2D eigenvalue weighted by molar-refractivity contribution is 7.13. The van der Waals surface area contributed by atoms with E-state index in [1.165, 1.54) is 10.4 Å². The van der Waals surface area contributed by atoms with Crippen molar-refractivity contribution in [3.8, 4) is 10.4 Å².